The summed E-state index contributed by atoms with van der Waals surface area (Å²) in [6, 6.07) is 9.79. The Kier molecular flexibility index (Phi) is 5.95. The maximum absolute atomic E-state index is 12.4. The zero-order valence-electron chi connectivity index (χ0n) is 13.5. The summed E-state index contributed by atoms with van der Waals surface area (Å²) in [6.07, 6.45) is 0.517. The van der Waals surface area contributed by atoms with E-state index in [1.54, 1.807) is 6.92 Å². The molecule has 1 heterocycles. The van der Waals surface area contributed by atoms with Crippen molar-refractivity contribution < 1.29 is 9.59 Å². The summed E-state index contributed by atoms with van der Waals surface area (Å²) in [4.78, 5) is 29.7. The highest BCUT2D eigenvalue weighted by atomic mass is 16.2. The Morgan fingerprint density at radius 1 is 1.09 bits per heavy atom. The third-order valence-corrected chi connectivity index (χ3v) is 4.14. The average molecular weight is 303 g/mol. The van der Waals surface area contributed by atoms with Gasteiger partial charge in [0, 0.05) is 58.3 Å². The molecule has 0 radical (unpaired) electrons. The number of nitrogens with zero attached hydrogens (tertiary/aromatic N) is 3. The van der Waals surface area contributed by atoms with E-state index < -0.39 is 0 Å². The van der Waals surface area contributed by atoms with Crippen molar-refractivity contribution in [3.8, 4) is 0 Å². The predicted molar refractivity (Wildman–Crippen MR) is 87.8 cm³/mol. The van der Waals surface area contributed by atoms with E-state index in [9.17, 15) is 9.59 Å². The Morgan fingerprint density at radius 3 is 2.27 bits per heavy atom. The second-order valence-corrected chi connectivity index (χ2v) is 5.57. The molecule has 0 aliphatic carbocycles. The van der Waals surface area contributed by atoms with Gasteiger partial charge in [0.25, 0.3) is 0 Å². The lowest BCUT2D eigenvalue weighted by molar-refractivity contribution is -0.130. The first-order valence-electron chi connectivity index (χ1n) is 7.95. The van der Waals surface area contributed by atoms with Gasteiger partial charge in [-0.3, -0.25) is 14.5 Å². The molecule has 5 heteroatoms. The van der Waals surface area contributed by atoms with Crippen molar-refractivity contribution in [2.45, 2.75) is 20.3 Å². The molecule has 1 aliphatic rings. The van der Waals surface area contributed by atoms with Crippen molar-refractivity contribution in [3.63, 3.8) is 0 Å². The molecule has 0 atom stereocenters. The molecule has 0 N–H and O–H groups in total. The topological polar surface area (TPSA) is 43.9 Å². The van der Waals surface area contributed by atoms with Crippen LogP contribution >= 0.6 is 0 Å². The van der Waals surface area contributed by atoms with E-state index in [-0.39, 0.29) is 11.8 Å². The molecule has 1 aromatic carbocycles. The number of rotatable bonds is 5. The van der Waals surface area contributed by atoms with Crippen LogP contribution in [0.4, 0.5) is 5.69 Å². The first kappa shape index (κ1) is 16.5. The van der Waals surface area contributed by atoms with Crippen molar-refractivity contribution >= 4 is 17.5 Å². The lowest BCUT2D eigenvalue weighted by Gasteiger charge is -2.34. The van der Waals surface area contributed by atoms with Gasteiger partial charge in [0.05, 0.1) is 0 Å². The zero-order chi connectivity index (χ0) is 15.9. The molecule has 120 valence electrons. The summed E-state index contributed by atoms with van der Waals surface area (Å²) in [5.74, 6) is 0.291. The third kappa shape index (κ3) is 4.31. The Labute approximate surface area is 132 Å². The molecule has 1 aliphatic heterocycles. The molecule has 0 bridgehead atoms. The molecule has 1 fully saturated rings. The molecule has 0 spiro atoms. The smallest absolute Gasteiger partial charge is 0.228 e. The van der Waals surface area contributed by atoms with Crippen LogP contribution in [0.15, 0.2) is 30.3 Å². The minimum atomic E-state index is 0.136. The van der Waals surface area contributed by atoms with Crippen LogP contribution in [0.3, 0.4) is 0 Å². The fourth-order valence-electron chi connectivity index (χ4n) is 2.79. The quantitative estimate of drug-likeness (QED) is 0.830. The number of carbonyl (C=O) groups is 2. The summed E-state index contributed by atoms with van der Waals surface area (Å²) in [7, 11) is 0. The SMILES string of the molecule is CCN(C(=O)CCN1CCN(C(C)=O)CC1)c1ccccc1. The summed E-state index contributed by atoms with van der Waals surface area (Å²) in [6.45, 7) is 8.28. The van der Waals surface area contributed by atoms with Crippen molar-refractivity contribution in [3.05, 3.63) is 30.3 Å². The molecule has 0 saturated carbocycles. The molecule has 1 aromatic rings. The maximum atomic E-state index is 12.4. The molecule has 2 amide bonds. The van der Waals surface area contributed by atoms with Crippen LogP contribution in [0.25, 0.3) is 0 Å². The van der Waals surface area contributed by atoms with Gasteiger partial charge < -0.3 is 9.80 Å². The number of piperazine rings is 1. The Bertz CT molecular complexity index is 496. The number of hydrogen-bond acceptors (Lipinski definition) is 3. The minimum absolute atomic E-state index is 0.136. The Hall–Kier alpha value is -1.88. The van der Waals surface area contributed by atoms with Crippen LogP contribution in [-0.4, -0.2) is 60.9 Å². The number of amides is 2. The fraction of sp³-hybridized carbons (Fsp3) is 0.529. The normalized spacial score (nSPS) is 15.6. The molecule has 0 aromatic heterocycles. The van der Waals surface area contributed by atoms with Crippen LogP contribution in [0, 0.1) is 0 Å². The second kappa shape index (κ2) is 7.94. The summed E-state index contributed by atoms with van der Waals surface area (Å²) >= 11 is 0. The molecule has 0 unspecified atom stereocenters. The van der Waals surface area contributed by atoms with Crippen LogP contribution in [0.2, 0.25) is 0 Å². The van der Waals surface area contributed by atoms with Gasteiger partial charge in [-0.2, -0.15) is 0 Å². The van der Waals surface area contributed by atoms with E-state index in [4.69, 9.17) is 0 Å². The number of anilines is 1. The lowest BCUT2D eigenvalue weighted by atomic mass is 10.2. The third-order valence-electron chi connectivity index (χ3n) is 4.14. The van der Waals surface area contributed by atoms with Gasteiger partial charge in [-0.1, -0.05) is 18.2 Å². The predicted octanol–water partition coefficient (Wildman–Crippen LogP) is 1.59. The maximum Gasteiger partial charge on any atom is 0.228 e. The van der Waals surface area contributed by atoms with E-state index in [1.807, 2.05) is 47.1 Å². The van der Waals surface area contributed by atoms with E-state index in [1.165, 1.54) is 0 Å². The van der Waals surface area contributed by atoms with E-state index in [0.717, 1.165) is 38.4 Å². The molecule has 2 rings (SSSR count). The Balaban J connectivity index is 1.81. The molecular weight excluding hydrogens is 278 g/mol. The van der Waals surface area contributed by atoms with Crippen LogP contribution < -0.4 is 4.90 Å². The zero-order valence-corrected chi connectivity index (χ0v) is 13.5. The minimum Gasteiger partial charge on any atom is -0.340 e. The molecule has 1 saturated heterocycles. The highest BCUT2D eigenvalue weighted by Gasteiger charge is 2.20. The number of carbonyl (C=O) groups excluding carboxylic acids is 2. The van der Waals surface area contributed by atoms with Gasteiger partial charge in [0.2, 0.25) is 11.8 Å². The van der Waals surface area contributed by atoms with Gasteiger partial charge in [0.1, 0.15) is 0 Å². The van der Waals surface area contributed by atoms with Crippen molar-refractivity contribution in [1.29, 1.82) is 0 Å². The highest BCUT2D eigenvalue weighted by Crippen LogP contribution is 2.14. The van der Waals surface area contributed by atoms with Crippen LogP contribution in [-0.2, 0) is 9.59 Å². The summed E-state index contributed by atoms with van der Waals surface area (Å²) < 4.78 is 0. The van der Waals surface area contributed by atoms with Gasteiger partial charge in [-0.15, -0.1) is 0 Å². The second-order valence-electron chi connectivity index (χ2n) is 5.57. The summed E-state index contributed by atoms with van der Waals surface area (Å²) in [5, 5.41) is 0. The number of para-hydroxylation sites is 1. The number of hydrogen-bond donors (Lipinski definition) is 0. The van der Waals surface area contributed by atoms with Crippen molar-refractivity contribution in [2.75, 3.05) is 44.2 Å². The standard InChI is InChI=1S/C17H25N3O2/c1-3-20(16-7-5-4-6-8-16)17(22)9-10-18-11-13-19(14-12-18)15(2)21/h4-8H,3,9-14H2,1-2H3. The van der Waals surface area contributed by atoms with Gasteiger partial charge in [-0.25, -0.2) is 0 Å². The van der Waals surface area contributed by atoms with Crippen molar-refractivity contribution in [1.82, 2.24) is 9.80 Å². The van der Waals surface area contributed by atoms with Gasteiger partial charge >= 0.3 is 0 Å². The van der Waals surface area contributed by atoms with Crippen LogP contribution in [0.5, 0.6) is 0 Å². The van der Waals surface area contributed by atoms with Crippen LogP contribution in [0.1, 0.15) is 20.3 Å². The number of benzene rings is 1. The summed E-state index contributed by atoms with van der Waals surface area (Å²) in [5.41, 5.74) is 0.955. The molecule has 22 heavy (non-hydrogen) atoms. The van der Waals surface area contributed by atoms with Gasteiger partial charge in [0.15, 0.2) is 0 Å². The van der Waals surface area contributed by atoms with E-state index in [2.05, 4.69) is 4.90 Å². The molecule has 5 nitrogen and oxygen atoms in total. The monoisotopic (exact) mass is 303 g/mol. The molecular formula is C17H25N3O2. The lowest BCUT2D eigenvalue weighted by Crippen LogP contribution is -2.48. The van der Waals surface area contributed by atoms with E-state index >= 15 is 0 Å². The van der Waals surface area contributed by atoms with E-state index in [0.29, 0.717) is 13.0 Å². The van der Waals surface area contributed by atoms with Gasteiger partial charge in [-0.05, 0) is 19.1 Å². The average Bonchev–Trinajstić information content (AvgIpc) is 2.55. The first-order chi connectivity index (χ1) is 10.6. The first-order valence-corrected chi connectivity index (χ1v) is 7.95. The fourth-order valence-corrected chi connectivity index (χ4v) is 2.79. The highest BCUT2D eigenvalue weighted by molar-refractivity contribution is 5.93. The largest absolute Gasteiger partial charge is 0.340 e. The Morgan fingerprint density at radius 2 is 1.73 bits per heavy atom. The van der Waals surface area contributed by atoms with Crippen molar-refractivity contribution in [2.24, 2.45) is 0 Å².